The number of rotatable bonds is 6. The van der Waals surface area contributed by atoms with Crippen LogP contribution in [-0.2, 0) is 4.79 Å². The summed E-state index contributed by atoms with van der Waals surface area (Å²) in [5.74, 6) is -0.326. The Kier molecular flexibility index (Phi) is 6.11. The minimum atomic E-state index is -0.572. The van der Waals surface area contributed by atoms with Crippen LogP contribution in [0.4, 0.5) is 15.8 Å². The lowest BCUT2D eigenvalue weighted by atomic mass is 10.2. The van der Waals surface area contributed by atoms with Crippen molar-refractivity contribution in [3.8, 4) is 5.75 Å². The van der Waals surface area contributed by atoms with Gasteiger partial charge in [-0.1, -0.05) is 19.9 Å². The van der Waals surface area contributed by atoms with Crippen molar-refractivity contribution in [2.45, 2.75) is 20.8 Å². The molecule has 0 fully saturated rings. The minimum absolute atomic E-state index is 0.0133. The highest BCUT2D eigenvalue weighted by Gasteiger charge is 2.10. The Morgan fingerprint density at radius 2 is 1.88 bits per heavy atom. The Balaban J connectivity index is 2.11. The van der Waals surface area contributed by atoms with Gasteiger partial charge in [0.25, 0.3) is 5.91 Å². The summed E-state index contributed by atoms with van der Waals surface area (Å²) < 4.78 is 19.3. The monoisotopic (exact) mass is 344 g/mol. The molecule has 5 nitrogen and oxygen atoms in total. The fraction of sp³-hybridized carbons (Fsp3) is 0.263. The molecule has 2 amide bonds. The van der Waals surface area contributed by atoms with Gasteiger partial charge in [-0.25, -0.2) is 4.39 Å². The van der Waals surface area contributed by atoms with Crippen LogP contribution in [0, 0.1) is 11.7 Å². The van der Waals surface area contributed by atoms with Crippen LogP contribution >= 0.6 is 0 Å². The minimum Gasteiger partial charge on any atom is -0.493 e. The van der Waals surface area contributed by atoms with Gasteiger partial charge < -0.3 is 15.4 Å². The van der Waals surface area contributed by atoms with Crippen molar-refractivity contribution in [3.05, 3.63) is 53.8 Å². The van der Waals surface area contributed by atoms with E-state index in [4.69, 9.17) is 4.74 Å². The molecule has 0 aliphatic heterocycles. The Morgan fingerprint density at radius 3 is 2.56 bits per heavy atom. The molecule has 25 heavy (non-hydrogen) atoms. The lowest BCUT2D eigenvalue weighted by Crippen LogP contribution is -2.13. The molecule has 0 radical (unpaired) electrons. The Hall–Kier alpha value is -2.89. The molecule has 0 atom stereocenters. The first-order valence-corrected chi connectivity index (χ1v) is 7.96. The van der Waals surface area contributed by atoms with E-state index in [0.717, 1.165) is 0 Å². The molecular weight excluding hydrogens is 323 g/mol. The predicted molar refractivity (Wildman–Crippen MR) is 95.4 cm³/mol. The first-order valence-electron chi connectivity index (χ1n) is 7.96. The third-order valence-electron chi connectivity index (χ3n) is 3.21. The third-order valence-corrected chi connectivity index (χ3v) is 3.21. The molecule has 2 N–H and O–H groups in total. The summed E-state index contributed by atoms with van der Waals surface area (Å²) in [5, 5.41) is 5.06. The molecule has 0 saturated heterocycles. The predicted octanol–water partition coefficient (Wildman–Crippen LogP) is 4.07. The average Bonchev–Trinajstić information content (AvgIpc) is 2.56. The zero-order chi connectivity index (χ0) is 18.4. The summed E-state index contributed by atoms with van der Waals surface area (Å²) in [4.78, 5) is 23.5. The summed E-state index contributed by atoms with van der Waals surface area (Å²) in [6.07, 6.45) is 0. The molecule has 0 spiro atoms. The molecule has 132 valence electrons. The molecule has 2 aromatic rings. The number of benzene rings is 2. The Labute approximate surface area is 146 Å². The highest BCUT2D eigenvalue weighted by atomic mass is 19.1. The summed E-state index contributed by atoms with van der Waals surface area (Å²) >= 11 is 0. The number of nitrogens with one attached hydrogen (secondary N) is 2. The van der Waals surface area contributed by atoms with Crippen LogP contribution in [0.2, 0.25) is 0 Å². The fourth-order valence-electron chi connectivity index (χ4n) is 2.08. The SMILES string of the molecule is CC(=O)Nc1cc(NC(=O)c2cccc(OCC(C)C)c2)ccc1F. The van der Waals surface area contributed by atoms with E-state index in [1.54, 1.807) is 24.3 Å². The van der Waals surface area contributed by atoms with Crippen molar-refractivity contribution < 1.29 is 18.7 Å². The largest absolute Gasteiger partial charge is 0.493 e. The third kappa shape index (κ3) is 5.60. The highest BCUT2D eigenvalue weighted by molar-refractivity contribution is 6.04. The van der Waals surface area contributed by atoms with Gasteiger partial charge in [0.1, 0.15) is 11.6 Å². The van der Waals surface area contributed by atoms with E-state index >= 15 is 0 Å². The molecule has 6 heteroatoms. The number of hydrogen-bond donors (Lipinski definition) is 2. The molecular formula is C19H21FN2O3. The van der Waals surface area contributed by atoms with Crippen LogP contribution in [0.3, 0.4) is 0 Å². The molecule has 0 aliphatic rings. The normalized spacial score (nSPS) is 10.4. The second-order valence-corrected chi connectivity index (χ2v) is 6.06. The molecule has 0 aromatic heterocycles. The van der Waals surface area contributed by atoms with Gasteiger partial charge >= 0.3 is 0 Å². The van der Waals surface area contributed by atoms with E-state index in [0.29, 0.717) is 29.5 Å². The van der Waals surface area contributed by atoms with E-state index in [1.165, 1.54) is 25.1 Å². The Bertz CT molecular complexity index is 775. The van der Waals surface area contributed by atoms with Crippen molar-refractivity contribution >= 4 is 23.2 Å². The zero-order valence-corrected chi connectivity index (χ0v) is 14.4. The van der Waals surface area contributed by atoms with Gasteiger partial charge in [-0.15, -0.1) is 0 Å². The molecule has 2 aromatic carbocycles. The second-order valence-electron chi connectivity index (χ2n) is 6.06. The number of carbonyl (C=O) groups is 2. The van der Waals surface area contributed by atoms with Crippen LogP contribution in [0.5, 0.6) is 5.75 Å². The van der Waals surface area contributed by atoms with Gasteiger partial charge in [-0.3, -0.25) is 9.59 Å². The van der Waals surface area contributed by atoms with Gasteiger partial charge in [-0.2, -0.15) is 0 Å². The number of hydrogen-bond acceptors (Lipinski definition) is 3. The summed E-state index contributed by atoms with van der Waals surface area (Å²) in [6.45, 7) is 5.92. The fourth-order valence-corrected chi connectivity index (χ4v) is 2.08. The zero-order valence-electron chi connectivity index (χ0n) is 14.4. The van der Waals surface area contributed by atoms with E-state index in [1.807, 2.05) is 13.8 Å². The summed E-state index contributed by atoms with van der Waals surface area (Å²) in [6, 6.07) is 10.8. The van der Waals surface area contributed by atoms with Crippen molar-refractivity contribution in [1.29, 1.82) is 0 Å². The molecule has 2 rings (SSSR count). The maximum atomic E-state index is 13.6. The lowest BCUT2D eigenvalue weighted by Gasteiger charge is -2.11. The van der Waals surface area contributed by atoms with E-state index in [2.05, 4.69) is 10.6 Å². The molecule has 0 bridgehead atoms. The maximum Gasteiger partial charge on any atom is 0.255 e. The lowest BCUT2D eigenvalue weighted by molar-refractivity contribution is -0.114. The highest BCUT2D eigenvalue weighted by Crippen LogP contribution is 2.21. The summed E-state index contributed by atoms with van der Waals surface area (Å²) in [7, 11) is 0. The smallest absolute Gasteiger partial charge is 0.255 e. The number of amides is 2. The molecule has 0 saturated carbocycles. The van der Waals surface area contributed by atoms with E-state index in [-0.39, 0.29) is 11.6 Å². The first-order chi connectivity index (χ1) is 11.8. The van der Waals surface area contributed by atoms with Crippen molar-refractivity contribution in [2.24, 2.45) is 5.92 Å². The van der Waals surface area contributed by atoms with Gasteiger partial charge in [0.2, 0.25) is 5.91 Å². The van der Waals surface area contributed by atoms with Crippen LogP contribution in [0.1, 0.15) is 31.1 Å². The maximum absolute atomic E-state index is 13.6. The number of carbonyl (C=O) groups excluding carboxylic acids is 2. The topological polar surface area (TPSA) is 67.4 Å². The quantitative estimate of drug-likeness (QED) is 0.830. The van der Waals surface area contributed by atoms with Crippen LogP contribution in [0.25, 0.3) is 0 Å². The van der Waals surface area contributed by atoms with Crippen LogP contribution < -0.4 is 15.4 Å². The van der Waals surface area contributed by atoms with E-state index < -0.39 is 11.7 Å². The van der Waals surface area contributed by atoms with Gasteiger partial charge in [0.05, 0.1) is 12.3 Å². The summed E-state index contributed by atoms with van der Waals surface area (Å²) in [5.41, 5.74) is 0.814. The second kappa shape index (κ2) is 8.28. The van der Waals surface area contributed by atoms with Crippen molar-refractivity contribution in [1.82, 2.24) is 0 Å². The van der Waals surface area contributed by atoms with E-state index in [9.17, 15) is 14.0 Å². The van der Waals surface area contributed by atoms with Crippen LogP contribution in [-0.4, -0.2) is 18.4 Å². The molecule has 0 unspecified atom stereocenters. The average molecular weight is 344 g/mol. The van der Waals surface area contributed by atoms with Gasteiger partial charge in [0, 0.05) is 18.2 Å². The van der Waals surface area contributed by atoms with Gasteiger partial charge in [-0.05, 0) is 42.3 Å². The Morgan fingerprint density at radius 1 is 1.12 bits per heavy atom. The molecule has 0 aliphatic carbocycles. The first kappa shape index (κ1) is 18.4. The number of halogens is 1. The van der Waals surface area contributed by atoms with Crippen LogP contribution in [0.15, 0.2) is 42.5 Å². The van der Waals surface area contributed by atoms with Crippen molar-refractivity contribution in [2.75, 3.05) is 17.2 Å². The standard InChI is InChI=1S/C19H21FN2O3/c1-12(2)11-25-16-6-4-5-14(9-16)19(24)22-15-7-8-17(20)18(10-15)21-13(3)23/h4-10,12H,11H2,1-3H3,(H,21,23)(H,22,24). The number of ether oxygens (including phenoxy) is 1. The molecule has 0 heterocycles. The van der Waals surface area contributed by atoms with Gasteiger partial charge in [0.15, 0.2) is 0 Å². The number of anilines is 2. The van der Waals surface area contributed by atoms with Crippen molar-refractivity contribution in [3.63, 3.8) is 0 Å².